The number of likely N-dealkylation sites (N-methyl/N-ethyl adjacent to an activating group) is 1. The first-order chi connectivity index (χ1) is 17.8. The summed E-state index contributed by atoms with van der Waals surface area (Å²) in [5, 5.41) is 4.46. The van der Waals surface area contributed by atoms with E-state index < -0.39 is 0 Å². The molecule has 9 heteroatoms. The Morgan fingerprint density at radius 1 is 1.22 bits per heavy atom. The van der Waals surface area contributed by atoms with Crippen molar-refractivity contribution in [2.24, 2.45) is 0 Å². The number of aromatic nitrogens is 3. The molecule has 1 N–H and O–H groups in total. The Balaban J connectivity index is 1.38. The first-order valence-electron chi connectivity index (χ1n) is 12.2. The first kappa shape index (κ1) is 24.9. The Morgan fingerprint density at radius 3 is 2.78 bits per heavy atom. The van der Waals surface area contributed by atoms with E-state index in [1.807, 2.05) is 74.2 Å². The molecule has 0 aliphatic carbocycles. The Kier molecular flexibility index (Phi) is 6.90. The van der Waals surface area contributed by atoms with Crippen molar-refractivity contribution in [3.8, 4) is 11.5 Å². The van der Waals surface area contributed by atoms with Crippen LogP contribution >= 0.6 is 11.3 Å². The van der Waals surface area contributed by atoms with E-state index >= 15 is 0 Å². The molecule has 0 radical (unpaired) electrons. The predicted molar refractivity (Wildman–Crippen MR) is 148 cm³/mol. The molecule has 37 heavy (non-hydrogen) atoms. The average molecular weight is 515 g/mol. The van der Waals surface area contributed by atoms with E-state index in [9.17, 15) is 4.79 Å². The number of carbonyl (C=O) groups excluding carboxylic acids is 1. The second-order valence-electron chi connectivity index (χ2n) is 9.49. The number of benzene rings is 1. The first-order valence-corrected chi connectivity index (χ1v) is 13.0. The molecule has 1 amide bonds. The second kappa shape index (κ2) is 10.3. The van der Waals surface area contributed by atoms with Gasteiger partial charge in [0.05, 0.1) is 24.2 Å². The molecule has 0 fully saturated rings. The van der Waals surface area contributed by atoms with E-state index in [1.54, 1.807) is 29.9 Å². The lowest BCUT2D eigenvalue weighted by atomic mass is 10.1. The van der Waals surface area contributed by atoms with Crippen LogP contribution < -0.4 is 10.1 Å². The maximum absolute atomic E-state index is 12.9. The Labute approximate surface area is 220 Å². The largest absolute Gasteiger partial charge is 0.455 e. The molecule has 3 aromatic heterocycles. The van der Waals surface area contributed by atoms with Crippen LogP contribution in [-0.4, -0.2) is 51.3 Å². The molecule has 190 valence electrons. The van der Waals surface area contributed by atoms with Crippen molar-refractivity contribution in [2.45, 2.75) is 33.4 Å². The van der Waals surface area contributed by atoms with E-state index in [4.69, 9.17) is 4.74 Å². The molecular formula is C28H30N6O2S. The van der Waals surface area contributed by atoms with Gasteiger partial charge in [-0.2, -0.15) is 0 Å². The third-order valence-electron chi connectivity index (χ3n) is 6.37. The lowest BCUT2D eigenvalue weighted by Gasteiger charge is -2.21. The number of nitrogens with one attached hydrogen (secondary N) is 1. The topological polar surface area (TPSA) is 83.5 Å². The predicted octanol–water partition coefficient (Wildman–Crippen LogP) is 5.76. The zero-order valence-electron chi connectivity index (χ0n) is 21.6. The summed E-state index contributed by atoms with van der Waals surface area (Å²) in [7, 11) is 3.96. The Hall–Kier alpha value is -3.82. The maximum Gasteiger partial charge on any atom is 0.247 e. The summed E-state index contributed by atoms with van der Waals surface area (Å²) in [5.74, 6) is 2.23. The van der Waals surface area contributed by atoms with Crippen LogP contribution in [0.5, 0.6) is 11.5 Å². The summed E-state index contributed by atoms with van der Waals surface area (Å²) < 4.78 is 6.02. The minimum absolute atomic E-state index is 0.0206. The molecule has 4 heterocycles. The number of ether oxygens (including phenoxy) is 1. The molecule has 1 aliphatic rings. The summed E-state index contributed by atoms with van der Waals surface area (Å²) in [4.78, 5) is 32.3. The quantitative estimate of drug-likeness (QED) is 0.314. The van der Waals surface area contributed by atoms with Gasteiger partial charge in [-0.15, -0.1) is 11.3 Å². The Bertz CT molecular complexity index is 1480. The van der Waals surface area contributed by atoms with Gasteiger partial charge in [-0.3, -0.25) is 9.78 Å². The summed E-state index contributed by atoms with van der Waals surface area (Å²) in [6, 6.07) is 9.72. The van der Waals surface area contributed by atoms with E-state index in [2.05, 4.69) is 27.2 Å². The number of hydrogen-bond acceptors (Lipinski definition) is 8. The fourth-order valence-electron chi connectivity index (χ4n) is 4.45. The number of hydrogen-bond donors (Lipinski definition) is 1. The van der Waals surface area contributed by atoms with Crippen LogP contribution in [0.15, 0.2) is 55.0 Å². The van der Waals surface area contributed by atoms with Crippen LogP contribution in [0.2, 0.25) is 0 Å². The molecule has 0 unspecified atom stereocenters. The van der Waals surface area contributed by atoms with Crippen LogP contribution in [-0.2, 0) is 11.3 Å². The van der Waals surface area contributed by atoms with Crippen molar-refractivity contribution < 1.29 is 9.53 Å². The molecule has 4 aromatic rings. The van der Waals surface area contributed by atoms with Gasteiger partial charge in [0, 0.05) is 34.4 Å². The number of fused-ring (bicyclic) bond motifs is 3. The Morgan fingerprint density at radius 2 is 2.05 bits per heavy atom. The van der Waals surface area contributed by atoms with Crippen LogP contribution in [0.25, 0.3) is 10.2 Å². The van der Waals surface area contributed by atoms with Crippen LogP contribution in [0.3, 0.4) is 0 Å². The minimum atomic E-state index is -0.0626. The van der Waals surface area contributed by atoms with Gasteiger partial charge >= 0.3 is 0 Å². The van der Waals surface area contributed by atoms with E-state index in [0.29, 0.717) is 12.3 Å². The summed E-state index contributed by atoms with van der Waals surface area (Å²) in [6.07, 6.45) is 6.89. The number of nitrogens with zero attached hydrogens (tertiary/aromatic N) is 5. The van der Waals surface area contributed by atoms with Gasteiger partial charge in [0.25, 0.3) is 0 Å². The molecular weight excluding hydrogens is 484 g/mol. The van der Waals surface area contributed by atoms with Gasteiger partial charge in [-0.1, -0.05) is 6.08 Å². The number of rotatable bonds is 7. The number of thiophene rings is 1. The number of pyridine rings is 1. The van der Waals surface area contributed by atoms with Gasteiger partial charge in [-0.05, 0) is 70.8 Å². The summed E-state index contributed by atoms with van der Waals surface area (Å²) >= 11 is 1.63. The maximum atomic E-state index is 12.9. The van der Waals surface area contributed by atoms with E-state index in [0.717, 1.165) is 55.7 Å². The van der Waals surface area contributed by atoms with E-state index in [1.165, 1.54) is 0 Å². The molecule has 0 saturated heterocycles. The molecule has 1 aromatic carbocycles. The lowest BCUT2D eigenvalue weighted by molar-refractivity contribution is -0.127. The van der Waals surface area contributed by atoms with E-state index in [-0.39, 0.29) is 11.9 Å². The van der Waals surface area contributed by atoms with Crippen molar-refractivity contribution >= 4 is 39.0 Å². The number of amides is 1. The van der Waals surface area contributed by atoms with Crippen LogP contribution in [0, 0.1) is 13.8 Å². The minimum Gasteiger partial charge on any atom is -0.455 e. The average Bonchev–Trinajstić information content (AvgIpc) is 3.38. The van der Waals surface area contributed by atoms with Crippen molar-refractivity contribution in [1.82, 2.24) is 24.8 Å². The molecule has 1 atom stereocenters. The highest BCUT2D eigenvalue weighted by molar-refractivity contribution is 7.19. The fourth-order valence-corrected chi connectivity index (χ4v) is 5.68. The molecule has 8 nitrogen and oxygen atoms in total. The number of carbonyl (C=O) groups is 1. The smallest absolute Gasteiger partial charge is 0.247 e. The normalized spacial score (nSPS) is 15.1. The highest BCUT2D eigenvalue weighted by Gasteiger charge is 2.34. The zero-order chi connectivity index (χ0) is 26.1. The zero-order valence-corrected chi connectivity index (χ0v) is 22.5. The fraction of sp³-hybridized carbons (Fsp3) is 0.286. The van der Waals surface area contributed by atoms with Crippen molar-refractivity contribution in [2.75, 3.05) is 26.0 Å². The molecule has 1 aliphatic heterocycles. The van der Waals surface area contributed by atoms with Crippen molar-refractivity contribution in [3.05, 3.63) is 76.7 Å². The second-order valence-corrected chi connectivity index (χ2v) is 10.6. The highest BCUT2D eigenvalue weighted by Crippen LogP contribution is 2.45. The standard InChI is InChI=1S/C28H30N6O2S/c1-17-13-20(9-11-22(17)36-21-10-8-18(2)29-14-21)32-27-26-25-19(3)34(24(35)7-6-12-33(4)5)15-23(25)37-28(26)31-16-30-27/h6-11,13-14,16,19H,12,15H2,1-5H3,(H,30,31,32)/b7-6+/t19-/m0/s1. The summed E-state index contributed by atoms with van der Waals surface area (Å²) in [6.45, 7) is 7.34. The number of anilines is 2. The SMILES string of the molecule is Cc1ccc(Oc2ccc(Nc3ncnc4sc5c(c34)[C@H](C)N(C(=O)/C=C/CN(C)C)C5)cc2C)cn1. The van der Waals surface area contributed by atoms with Crippen molar-refractivity contribution in [3.63, 3.8) is 0 Å². The third-order valence-corrected chi connectivity index (χ3v) is 7.46. The van der Waals surface area contributed by atoms with Gasteiger partial charge in [0.1, 0.15) is 28.5 Å². The van der Waals surface area contributed by atoms with Crippen LogP contribution in [0.1, 0.15) is 34.7 Å². The molecule has 0 bridgehead atoms. The van der Waals surface area contributed by atoms with Gasteiger partial charge < -0.3 is 19.9 Å². The monoisotopic (exact) mass is 514 g/mol. The third kappa shape index (κ3) is 5.19. The van der Waals surface area contributed by atoms with Gasteiger partial charge in [0.2, 0.25) is 5.91 Å². The molecule has 5 rings (SSSR count). The van der Waals surface area contributed by atoms with Gasteiger partial charge in [-0.25, -0.2) is 9.97 Å². The number of aryl methyl sites for hydroxylation is 2. The van der Waals surface area contributed by atoms with Crippen LogP contribution in [0.4, 0.5) is 11.5 Å². The molecule has 0 saturated carbocycles. The van der Waals surface area contributed by atoms with Gasteiger partial charge in [0.15, 0.2) is 0 Å². The van der Waals surface area contributed by atoms with Crippen molar-refractivity contribution in [1.29, 1.82) is 0 Å². The molecule has 0 spiro atoms. The lowest BCUT2D eigenvalue weighted by Crippen LogP contribution is -2.26. The highest BCUT2D eigenvalue weighted by atomic mass is 32.1. The summed E-state index contributed by atoms with van der Waals surface area (Å²) in [5.41, 5.74) is 3.96.